The van der Waals surface area contributed by atoms with Crippen molar-refractivity contribution in [1.29, 1.82) is 0 Å². The topological polar surface area (TPSA) is 47.4 Å². The number of hydrogen-bond acceptors (Lipinski definition) is 5. The van der Waals surface area contributed by atoms with E-state index in [4.69, 9.17) is 4.74 Å². The molecular formula is C19H16FN3O2S. The van der Waals surface area contributed by atoms with Crippen LogP contribution in [0.15, 0.2) is 47.5 Å². The largest absolute Gasteiger partial charge is 0.494 e. The highest BCUT2D eigenvalue weighted by molar-refractivity contribution is 7.25. The molecule has 0 amide bonds. The third-order valence-corrected chi connectivity index (χ3v) is 5.41. The van der Waals surface area contributed by atoms with Gasteiger partial charge >= 0.3 is 0 Å². The lowest BCUT2D eigenvalue weighted by molar-refractivity contribution is 0.386. The van der Waals surface area contributed by atoms with Crippen molar-refractivity contribution >= 4 is 37.3 Å². The zero-order valence-electron chi connectivity index (χ0n) is 14.5. The number of benzene rings is 1. The zero-order chi connectivity index (χ0) is 18.4. The fraction of sp³-hybridized carbons (Fsp3) is 0.158. The monoisotopic (exact) mass is 369 g/mol. The van der Waals surface area contributed by atoms with Crippen LogP contribution in [-0.4, -0.2) is 30.8 Å². The third kappa shape index (κ3) is 2.43. The molecule has 0 saturated heterocycles. The maximum Gasteiger partial charge on any atom is 0.273 e. The zero-order valence-corrected chi connectivity index (χ0v) is 15.3. The van der Waals surface area contributed by atoms with Crippen molar-refractivity contribution in [2.45, 2.75) is 0 Å². The van der Waals surface area contributed by atoms with Gasteiger partial charge in [-0.15, -0.1) is 11.3 Å². The van der Waals surface area contributed by atoms with Crippen LogP contribution < -0.4 is 15.2 Å². The molecule has 0 aliphatic carbocycles. The third-order valence-electron chi connectivity index (χ3n) is 4.31. The Hall–Kier alpha value is -2.93. The summed E-state index contributed by atoms with van der Waals surface area (Å²) in [6.45, 7) is 0. The molecule has 7 heteroatoms. The molecule has 0 atom stereocenters. The van der Waals surface area contributed by atoms with Crippen molar-refractivity contribution in [3.8, 4) is 11.4 Å². The number of halogens is 1. The number of rotatable bonds is 3. The predicted octanol–water partition coefficient (Wildman–Crippen LogP) is 3.81. The average Bonchev–Trinajstić information content (AvgIpc) is 3.01. The molecule has 4 aromatic rings. The van der Waals surface area contributed by atoms with Crippen molar-refractivity contribution in [2.24, 2.45) is 0 Å². The van der Waals surface area contributed by atoms with Crippen molar-refractivity contribution < 1.29 is 9.13 Å². The van der Waals surface area contributed by atoms with E-state index in [1.165, 1.54) is 35.1 Å². The summed E-state index contributed by atoms with van der Waals surface area (Å²) in [5.41, 5.74) is 1.27. The fourth-order valence-electron chi connectivity index (χ4n) is 3.05. The highest BCUT2D eigenvalue weighted by Crippen LogP contribution is 2.36. The maximum absolute atomic E-state index is 14.0. The summed E-state index contributed by atoms with van der Waals surface area (Å²) in [7, 11) is 5.32. The molecule has 0 aliphatic rings. The van der Waals surface area contributed by atoms with Crippen LogP contribution in [0, 0.1) is 5.82 Å². The van der Waals surface area contributed by atoms with Crippen LogP contribution in [0.1, 0.15) is 0 Å². The van der Waals surface area contributed by atoms with Crippen molar-refractivity contribution in [3.63, 3.8) is 0 Å². The van der Waals surface area contributed by atoms with E-state index < -0.39 is 5.82 Å². The molecular weight excluding hydrogens is 353 g/mol. The fourth-order valence-corrected chi connectivity index (χ4v) is 4.14. The van der Waals surface area contributed by atoms with Gasteiger partial charge in [-0.2, -0.15) is 0 Å². The van der Waals surface area contributed by atoms with Gasteiger partial charge in [0.05, 0.1) is 12.8 Å². The smallest absolute Gasteiger partial charge is 0.273 e. The number of pyridine rings is 2. The van der Waals surface area contributed by atoms with E-state index in [-0.39, 0.29) is 11.3 Å². The highest BCUT2D eigenvalue weighted by Gasteiger charge is 2.16. The second-order valence-electron chi connectivity index (χ2n) is 6.06. The van der Waals surface area contributed by atoms with E-state index in [2.05, 4.69) is 4.98 Å². The summed E-state index contributed by atoms with van der Waals surface area (Å²) in [5.74, 6) is -0.366. The number of methoxy groups -OCH3 is 1. The number of aromatic nitrogens is 2. The second-order valence-corrected chi connectivity index (χ2v) is 7.06. The van der Waals surface area contributed by atoms with Crippen LogP contribution in [0.3, 0.4) is 0 Å². The van der Waals surface area contributed by atoms with Crippen molar-refractivity contribution in [2.75, 3.05) is 26.1 Å². The molecule has 0 unspecified atom stereocenters. The summed E-state index contributed by atoms with van der Waals surface area (Å²) in [4.78, 5) is 20.2. The van der Waals surface area contributed by atoms with E-state index in [0.29, 0.717) is 10.4 Å². The summed E-state index contributed by atoms with van der Waals surface area (Å²) in [6.07, 6.45) is 3.41. The van der Waals surface area contributed by atoms with Gasteiger partial charge in [0.15, 0.2) is 11.6 Å². The molecule has 0 N–H and O–H groups in total. The van der Waals surface area contributed by atoms with E-state index in [9.17, 15) is 9.18 Å². The minimum absolute atomic E-state index is 0.143. The maximum atomic E-state index is 14.0. The van der Waals surface area contributed by atoms with Crippen molar-refractivity contribution in [3.05, 3.63) is 58.9 Å². The summed E-state index contributed by atoms with van der Waals surface area (Å²) < 4.78 is 21.0. The number of nitrogens with zero attached hydrogens (tertiary/aromatic N) is 3. The SMILES string of the molecule is COc1ccc(-n2ccc3c(sc4nccc(N(C)C)c43)c2=O)cc1F. The Balaban J connectivity index is 1.99. The number of hydrogen-bond donors (Lipinski definition) is 0. The Bertz CT molecular complexity index is 1200. The molecule has 132 valence electrons. The first-order chi connectivity index (χ1) is 12.5. The van der Waals surface area contributed by atoms with Gasteiger partial charge in [-0.05, 0) is 24.3 Å². The van der Waals surface area contributed by atoms with Crippen LogP contribution in [0.2, 0.25) is 0 Å². The molecule has 3 aromatic heterocycles. The highest BCUT2D eigenvalue weighted by atomic mass is 32.1. The van der Waals surface area contributed by atoms with E-state index in [1.54, 1.807) is 18.5 Å². The van der Waals surface area contributed by atoms with E-state index >= 15 is 0 Å². The van der Waals surface area contributed by atoms with Gasteiger partial charge in [0.2, 0.25) is 0 Å². The van der Waals surface area contributed by atoms with Crippen LogP contribution >= 0.6 is 11.3 Å². The minimum atomic E-state index is -0.509. The van der Waals surface area contributed by atoms with Gasteiger partial charge in [-0.25, -0.2) is 9.37 Å². The minimum Gasteiger partial charge on any atom is -0.494 e. The first-order valence-corrected chi connectivity index (χ1v) is 8.77. The molecule has 0 bridgehead atoms. The summed E-state index contributed by atoms with van der Waals surface area (Å²) >= 11 is 1.35. The molecule has 0 spiro atoms. The molecule has 0 saturated carbocycles. The molecule has 0 fully saturated rings. The number of thiophene rings is 1. The summed E-state index contributed by atoms with van der Waals surface area (Å²) in [5, 5.41) is 1.82. The Morgan fingerprint density at radius 1 is 1.23 bits per heavy atom. The Kier molecular flexibility index (Phi) is 3.88. The number of anilines is 1. The molecule has 3 heterocycles. The lowest BCUT2D eigenvalue weighted by Crippen LogP contribution is -2.16. The van der Waals surface area contributed by atoms with Gasteiger partial charge in [0.25, 0.3) is 5.56 Å². The number of ether oxygens (including phenoxy) is 1. The Labute approximate surface area is 152 Å². The normalized spacial score (nSPS) is 11.2. The van der Waals surface area contributed by atoms with Gasteiger partial charge in [0, 0.05) is 49.0 Å². The van der Waals surface area contributed by atoms with Gasteiger partial charge in [-0.1, -0.05) is 0 Å². The quantitative estimate of drug-likeness (QED) is 0.551. The first kappa shape index (κ1) is 16.5. The standard InChI is InChI=1S/C19H16FN3O2S/c1-22(2)14-6-8-21-18-16(14)12-7-9-23(19(24)17(12)26-18)11-4-5-15(25-3)13(20)10-11/h4-10H,1-3H3. The first-order valence-electron chi connectivity index (χ1n) is 7.95. The summed E-state index contributed by atoms with van der Waals surface area (Å²) in [6, 6.07) is 8.28. The molecule has 0 radical (unpaired) electrons. The van der Waals surface area contributed by atoms with Gasteiger partial charge in [-0.3, -0.25) is 9.36 Å². The lowest BCUT2D eigenvalue weighted by Gasteiger charge is -2.13. The Morgan fingerprint density at radius 2 is 2.04 bits per heavy atom. The predicted molar refractivity (Wildman–Crippen MR) is 104 cm³/mol. The number of fused-ring (bicyclic) bond motifs is 3. The lowest BCUT2D eigenvalue weighted by atomic mass is 10.2. The second kappa shape index (κ2) is 6.10. The van der Waals surface area contributed by atoms with Crippen LogP contribution in [0.25, 0.3) is 26.0 Å². The molecule has 0 aliphatic heterocycles. The molecule has 26 heavy (non-hydrogen) atoms. The molecule has 4 rings (SSSR count). The van der Waals surface area contributed by atoms with Crippen LogP contribution in [0.4, 0.5) is 10.1 Å². The van der Waals surface area contributed by atoms with E-state index in [1.807, 2.05) is 31.1 Å². The van der Waals surface area contributed by atoms with Gasteiger partial charge in [0.1, 0.15) is 9.53 Å². The van der Waals surface area contributed by atoms with Crippen LogP contribution in [-0.2, 0) is 0 Å². The molecule has 1 aromatic carbocycles. The van der Waals surface area contributed by atoms with Crippen molar-refractivity contribution in [1.82, 2.24) is 9.55 Å². The van der Waals surface area contributed by atoms with Gasteiger partial charge < -0.3 is 9.64 Å². The molecule has 5 nitrogen and oxygen atoms in total. The van der Waals surface area contributed by atoms with Crippen LogP contribution in [0.5, 0.6) is 5.75 Å². The van der Waals surface area contributed by atoms with E-state index in [0.717, 1.165) is 21.3 Å². The Morgan fingerprint density at radius 3 is 2.73 bits per heavy atom. The average molecular weight is 369 g/mol.